The van der Waals surface area contributed by atoms with Crippen molar-refractivity contribution in [3.8, 4) is 0 Å². The minimum atomic E-state index is -3.41. The molecular formula is C13H21BrN2O2S2. The summed E-state index contributed by atoms with van der Waals surface area (Å²) in [5.41, 5.74) is 5.61. The van der Waals surface area contributed by atoms with Crippen molar-refractivity contribution in [1.82, 2.24) is 4.31 Å². The second-order valence-corrected chi connectivity index (χ2v) is 9.42. The van der Waals surface area contributed by atoms with Gasteiger partial charge in [-0.05, 0) is 41.3 Å². The van der Waals surface area contributed by atoms with E-state index in [1.807, 2.05) is 0 Å². The maximum absolute atomic E-state index is 12.9. The van der Waals surface area contributed by atoms with Crippen LogP contribution in [-0.2, 0) is 16.6 Å². The second-order valence-electron chi connectivity index (χ2n) is 5.11. The monoisotopic (exact) mass is 380 g/mol. The molecule has 7 heteroatoms. The summed E-state index contributed by atoms with van der Waals surface area (Å²) < 4.78 is 28.1. The van der Waals surface area contributed by atoms with Crippen LogP contribution < -0.4 is 5.73 Å². The first kappa shape index (κ1) is 16.4. The van der Waals surface area contributed by atoms with Crippen molar-refractivity contribution in [2.75, 3.05) is 6.54 Å². The minimum Gasteiger partial charge on any atom is -0.326 e. The number of halogens is 1. The van der Waals surface area contributed by atoms with Gasteiger partial charge in [0.15, 0.2) is 0 Å². The smallest absolute Gasteiger partial charge is 0.245 e. The van der Waals surface area contributed by atoms with Gasteiger partial charge < -0.3 is 5.73 Å². The molecule has 0 aliphatic carbocycles. The number of hydrogen-bond donors (Lipinski definition) is 1. The van der Waals surface area contributed by atoms with Crippen LogP contribution in [0.15, 0.2) is 14.7 Å². The van der Waals surface area contributed by atoms with Gasteiger partial charge in [0.2, 0.25) is 10.0 Å². The lowest BCUT2D eigenvalue weighted by Gasteiger charge is -2.34. The molecule has 1 aliphatic heterocycles. The molecule has 4 nitrogen and oxygen atoms in total. The Bertz CT molecular complexity index is 555. The van der Waals surface area contributed by atoms with E-state index in [9.17, 15) is 8.42 Å². The van der Waals surface area contributed by atoms with Crippen molar-refractivity contribution in [3.05, 3.63) is 14.7 Å². The molecule has 1 fully saturated rings. The Morgan fingerprint density at radius 3 is 2.85 bits per heavy atom. The summed E-state index contributed by atoms with van der Waals surface area (Å²) >= 11 is 4.78. The van der Waals surface area contributed by atoms with Gasteiger partial charge >= 0.3 is 0 Å². The number of nitrogens with zero attached hydrogens (tertiary/aromatic N) is 1. The van der Waals surface area contributed by atoms with Gasteiger partial charge in [-0.15, -0.1) is 11.3 Å². The zero-order valence-electron chi connectivity index (χ0n) is 11.6. The molecule has 0 saturated carbocycles. The largest absolute Gasteiger partial charge is 0.326 e. The van der Waals surface area contributed by atoms with Crippen LogP contribution in [0.3, 0.4) is 0 Å². The third kappa shape index (κ3) is 3.27. The second kappa shape index (κ2) is 6.87. The van der Waals surface area contributed by atoms with Gasteiger partial charge in [-0.3, -0.25) is 0 Å². The summed E-state index contributed by atoms with van der Waals surface area (Å²) in [5, 5.41) is 0. The number of hydrogen-bond acceptors (Lipinski definition) is 4. The van der Waals surface area contributed by atoms with E-state index in [0.29, 0.717) is 21.8 Å². The van der Waals surface area contributed by atoms with E-state index in [4.69, 9.17) is 5.73 Å². The number of rotatable bonds is 5. The van der Waals surface area contributed by atoms with E-state index in [0.717, 1.165) is 37.0 Å². The standard InChI is InChI=1S/C13H21BrN2O2S2/c1-2-5-10-6-3-4-7-16(10)20(17,18)12-8-11(9-15)19-13(12)14/h8,10H,2-7,9,15H2,1H3. The van der Waals surface area contributed by atoms with Gasteiger partial charge in [-0.25, -0.2) is 8.42 Å². The number of thiophene rings is 1. The maximum atomic E-state index is 12.9. The van der Waals surface area contributed by atoms with Crippen LogP contribution in [0.5, 0.6) is 0 Å². The molecular weight excluding hydrogens is 360 g/mol. The highest BCUT2D eigenvalue weighted by Crippen LogP contribution is 2.36. The first-order valence-electron chi connectivity index (χ1n) is 7.00. The molecule has 114 valence electrons. The summed E-state index contributed by atoms with van der Waals surface area (Å²) in [5.74, 6) is 0. The Labute approximate surface area is 133 Å². The summed E-state index contributed by atoms with van der Waals surface area (Å²) in [7, 11) is -3.41. The molecule has 0 aromatic carbocycles. The summed E-state index contributed by atoms with van der Waals surface area (Å²) in [6.45, 7) is 3.11. The zero-order valence-corrected chi connectivity index (χ0v) is 14.9. The van der Waals surface area contributed by atoms with Crippen LogP contribution in [0, 0.1) is 0 Å². The van der Waals surface area contributed by atoms with Gasteiger partial charge in [-0.1, -0.05) is 19.8 Å². The van der Waals surface area contributed by atoms with Crippen molar-refractivity contribution in [3.63, 3.8) is 0 Å². The van der Waals surface area contributed by atoms with E-state index < -0.39 is 10.0 Å². The highest BCUT2D eigenvalue weighted by molar-refractivity contribution is 9.11. The Balaban J connectivity index is 2.34. The predicted octanol–water partition coefficient (Wildman–Crippen LogP) is 3.31. The minimum absolute atomic E-state index is 0.145. The van der Waals surface area contributed by atoms with Crippen LogP contribution >= 0.6 is 27.3 Å². The van der Waals surface area contributed by atoms with Gasteiger partial charge in [0, 0.05) is 24.0 Å². The van der Waals surface area contributed by atoms with Crippen LogP contribution in [0.25, 0.3) is 0 Å². The van der Waals surface area contributed by atoms with Crippen molar-refractivity contribution in [2.24, 2.45) is 5.73 Å². The van der Waals surface area contributed by atoms with Crippen LogP contribution in [-0.4, -0.2) is 25.3 Å². The lowest BCUT2D eigenvalue weighted by molar-refractivity contribution is 0.239. The van der Waals surface area contributed by atoms with Crippen LogP contribution in [0.1, 0.15) is 43.9 Å². The first-order valence-corrected chi connectivity index (χ1v) is 10.1. The molecule has 0 bridgehead atoms. The highest BCUT2D eigenvalue weighted by Gasteiger charge is 2.34. The topological polar surface area (TPSA) is 63.4 Å². The molecule has 1 unspecified atom stereocenters. The van der Waals surface area contributed by atoms with E-state index in [2.05, 4.69) is 22.9 Å². The Hall–Kier alpha value is 0.0500. The quantitative estimate of drug-likeness (QED) is 0.851. The fourth-order valence-corrected chi connectivity index (χ4v) is 6.95. The number of piperidine rings is 1. The average molecular weight is 381 g/mol. The molecule has 2 heterocycles. The molecule has 1 saturated heterocycles. The zero-order chi connectivity index (χ0) is 14.8. The maximum Gasteiger partial charge on any atom is 0.245 e. The lowest BCUT2D eigenvalue weighted by Crippen LogP contribution is -2.43. The normalized spacial score (nSPS) is 21.2. The molecule has 1 aromatic rings. The summed E-state index contributed by atoms with van der Waals surface area (Å²) in [6.07, 6.45) is 4.99. The van der Waals surface area contributed by atoms with Crippen LogP contribution in [0.2, 0.25) is 0 Å². The summed E-state index contributed by atoms with van der Waals surface area (Å²) in [4.78, 5) is 1.27. The predicted molar refractivity (Wildman–Crippen MR) is 86.3 cm³/mol. The molecule has 1 aliphatic rings. The fraction of sp³-hybridized carbons (Fsp3) is 0.692. The average Bonchev–Trinajstić information content (AvgIpc) is 2.82. The molecule has 20 heavy (non-hydrogen) atoms. The summed E-state index contributed by atoms with van der Waals surface area (Å²) in [6, 6.07) is 1.86. The first-order chi connectivity index (χ1) is 9.50. The highest BCUT2D eigenvalue weighted by atomic mass is 79.9. The molecule has 1 aromatic heterocycles. The molecule has 0 amide bonds. The molecule has 2 N–H and O–H groups in total. The Morgan fingerprint density at radius 2 is 2.25 bits per heavy atom. The Kier molecular flexibility index (Phi) is 5.64. The van der Waals surface area contributed by atoms with Crippen molar-refractivity contribution < 1.29 is 8.42 Å². The van der Waals surface area contributed by atoms with Gasteiger partial charge in [-0.2, -0.15) is 4.31 Å². The third-order valence-corrected chi connectivity index (χ3v) is 7.92. The molecule has 1 atom stereocenters. The van der Waals surface area contributed by atoms with E-state index >= 15 is 0 Å². The van der Waals surface area contributed by atoms with Gasteiger partial charge in [0.1, 0.15) is 4.90 Å². The van der Waals surface area contributed by atoms with E-state index in [1.165, 1.54) is 11.3 Å². The lowest BCUT2D eigenvalue weighted by atomic mass is 10.0. The van der Waals surface area contributed by atoms with E-state index in [1.54, 1.807) is 10.4 Å². The van der Waals surface area contributed by atoms with Gasteiger partial charge in [0.25, 0.3) is 0 Å². The third-order valence-electron chi connectivity index (χ3n) is 3.69. The van der Waals surface area contributed by atoms with Gasteiger partial charge in [0.05, 0.1) is 3.79 Å². The number of sulfonamides is 1. The van der Waals surface area contributed by atoms with Crippen LogP contribution in [0.4, 0.5) is 0 Å². The fourth-order valence-electron chi connectivity index (χ4n) is 2.71. The molecule has 0 radical (unpaired) electrons. The van der Waals surface area contributed by atoms with Crippen molar-refractivity contribution in [2.45, 2.75) is 56.5 Å². The van der Waals surface area contributed by atoms with Crippen molar-refractivity contribution in [1.29, 1.82) is 0 Å². The van der Waals surface area contributed by atoms with Crippen molar-refractivity contribution >= 4 is 37.3 Å². The molecule has 2 rings (SSSR count). The SMILES string of the molecule is CCCC1CCCCN1S(=O)(=O)c1cc(CN)sc1Br. The Morgan fingerprint density at radius 1 is 1.50 bits per heavy atom. The van der Waals surface area contributed by atoms with E-state index in [-0.39, 0.29) is 6.04 Å². The molecule has 0 spiro atoms. The number of nitrogens with two attached hydrogens (primary N) is 1.